The highest BCUT2D eigenvalue weighted by Gasteiger charge is 2.33. The number of rotatable bonds is 6. The second kappa shape index (κ2) is 8.69. The van der Waals surface area contributed by atoms with Crippen LogP contribution in [-0.4, -0.2) is 49.5 Å². The molecule has 0 spiro atoms. The van der Waals surface area contributed by atoms with Crippen molar-refractivity contribution in [3.05, 3.63) is 60.2 Å². The third-order valence-electron chi connectivity index (χ3n) is 4.71. The molecule has 0 saturated carbocycles. The van der Waals surface area contributed by atoms with Crippen LogP contribution in [0, 0.1) is 0 Å². The van der Waals surface area contributed by atoms with Crippen LogP contribution < -0.4 is 9.91 Å². The first-order valence-electron chi connectivity index (χ1n) is 9.59. The molecule has 6 heteroatoms. The molecule has 146 valence electrons. The fourth-order valence-corrected chi connectivity index (χ4v) is 3.14. The van der Waals surface area contributed by atoms with Crippen molar-refractivity contribution in [3.63, 3.8) is 0 Å². The van der Waals surface area contributed by atoms with E-state index in [1.54, 1.807) is 0 Å². The van der Waals surface area contributed by atoms with Crippen LogP contribution in [0.5, 0.6) is 0 Å². The Balaban J connectivity index is 1.81. The van der Waals surface area contributed by atoms with Crippen LogP contribution >= 0.6 is 0 Å². The zero-order valence-electron chi connectivity index (χ0n) is 17.0. The standard InChI is InChI=1S/C22H27N5O/c1-5-26(6-2)18-14-12-17(13-15-18)16-23-20-21(25(3)4)24-27(22(20)28)19-10-8-7-9-11-19/h7-15H,5-6,16H2,1-4H3. The molecule has 0 bridgehead atoms. The first-order valence-corrected chi connectivity index (χ1v) is 9.59. The number of hydrazone groups is 1. The molecule has 2 aromatic rings. The largest absolute Gasteiger partial charge is 0.372 e. The van der Waals surface area contributed by atoms with Gasteiger partial charge in [0.2, 0.25) is 0 Å². The highest BCUT2D eigenvalue weighted by molar-refractivity contribution is 6.71. The van der Waals surface area contributed by atoms with Crippen LogP contribution in [0.25, 0.3) is 0 Å². The van der Waals surface area contributed by atoms with Crippen molar-refractivity contribution in [1.82, 2.24) is 4.90 Å². The van der Waals surface area contributed by atoms with Crippen molar-refractivity contribution in [1.29, 1.82) is 0 Å². The van der Waals surface area contributed by atoms with Gasteiger partial charge in [-0.2, -0.15) is 5.01 Å². The molecule has 6 nitrogen and oxygen atoms in total. The molecular weight excluding hydrogens is 350 g/mol. The molecule has 28 heavy (non-hydrogen) atoms. The Morgan fingerprint density at radius 3 is 2.18 bits per heavy atom. The minimum atomic E-state index is -0.199. The van der Waals surface area contributed by atoms with Gasteiger partial charge in [-0.3, -0.25) is 9.79 Å². The van der Waals surface area contributed by atoms with Gasteiger partial charge in [0.25, 0.3) is 0 Å². The first-order chi connectivity index (χ1) is 13.5. The van der Waals surface area contributed by atoms with Gasteiger partial charge in [-0.15, -0.1) is 5.10 Å². The number of carbonyl (C=O) groups excluding carboxylic acids is 1. The fourth-order valence-electron chi connectivity index (χ4n) is 3.14. The first kappa shape index (κ1) is 19.6. The highest BCUT2D eigenvalue weighted by Crippen LogP contribution is 2.20. The van der Waals surface area contributed by atoms with E-state index in [2.05, 4.69) is 53.1 Å². The number of aliphatic imine (C=N–C) groups is 1. The van der Waals surface area contributed by atoms with Crippen molar-refractivity contribution in [3.8, 4) is 0 Å². The van der Waals surface area contributed by atoms with E-state index in [1.165, 1.54) is 10.7 Å². The molecule has 0 aromatic heterocycles. The Bertz CT molecular complexity index is 868. The summed E-state index contributed by atoms with van der Waals surface area (Å²) in [7, 11) is 3.74. The SMILES string of the molecule is CCN(CC)c1ccc(CN=C2C(=O)N(c3ccccc3)N=C2N(C)C)cc1. The van der Waals surface area contributed by atoms with Crippen LogP contribution in [0.15, 0.2) is 64.7 Å². The Hall–Kier alpha value is -3.15. The summed E-state index contributed by atoms with van der Waals surface area (Å²) in [5.74, 6) is 0.378. The van der Waals surface area contributed by atoms with Crippen molar-refractivity contribution in [2.24, 2.45) is 10.1 Å². The zero-order valence-corrected chi connectivity index (χ0v) is 17.0. The van der Waals surface area contributed by atoms with E-state index < -0.39 is 0 Å². The molecule has 2 aromatic carbocycles. The van der Waals surface area contributed by atoms with E-state index in [-0.39, 0.29) is 5.91 Å². The highest BCUT2D eigenvalue weighted by atomic mass is 16.2. The quantitative estimate of drug-likeness (QED) is 0.775. The fraction of sp³-hybridized carbons (Fsp3) is 0.318. The molecule has 0 N–H and O–H groups in total. The molecule has 0 aliphatic carbocycles. The van der Waals surface area contributed by atoms with Crippen LogP contribution in [0.2, 0.25) is 0 Å². The van der Waals surface area contributed by atoms with Crippen molar-refractivity contribution < 1.29 is 4.79 Å². The minimum Gasteiger partial charge on any atom is -0.372 e. The molecular formula is C22H27N5O. The van der Waals surface area contributed by atoms with Crippen LogP contribution in [0.4, 0.5) is 11.4 Å². The Labute approximate surface area is 166 Å². The number of anilines is 2. The molecule has 0 fully saturated rings. The van der Waals surface area contributed by atoms with Gasteiger partial charge in [0, 0.05) is 32.9 Å². The summed E-state index contributed by atoms with van der Waals surface area (Å²) in [5.41, 5.74) is 3.39. The van der Waals surface area contributed by atoms with E-state index in [4.69, 9.17) is 0 Å². The van der Waals surface area contributed by atoms with Crippen molar-refractivity contribution in [2.45, 2.75) is 20.4 Å². The summed E-state index contributed by atoms with van der Waals surface area (Å²) in [6, 6.07) is 17.8. The molecule has 1 aliphatic rings. The maximum Gasteiger partial charge on any atom is 0.300 e. The number of amidine groups is 1. The number of benzene rings is 2. The van der Waals surface area contributed by atoms with Crippen LogP contribution in [0.3, 0.4) is 0 Å². The molecule has 1 heterocycles. The van der Waals surface area contributed by atoms with E-state index >= 15 is 0 Å². The maximum absolute atomic E-state index is 12.9. The normalized spacial score (nSPS) is 15.1. The Kier molecular flexibility index (Phi) is 6.09. The predicted molar refractivity (Wildman–Crippen MR) is 116 cm³/mol. The second-order valence-corrected chi connectivity index (χ2v) is 6.77. The average Bonchev–Trinajstić information content (AvgIpc) is 3.05. The Morgan fingerprint density at radius 2 is 1.61 bits per heavy atom. The van der Waals surface area contributed by atoms with Gasteiger partial charge in [-0.25, -0.2) is 0 Å². The predicted octanol–water partition coefficient (Wildman–Crippen LogP) is 3.40. The van der Waals surface area contributed by atoms with E-state index in [1.807, 2.05) is 49.3 Å². The number of hydrogen-bond donors (Lipinski definition) is 0. The van der Waals surface area contributed by atoms with Crippen LogP contribution in [0.1, 0.15) is 19.4 Å². The summed E-state index contributed by atoms with van der Waals surface area (Å²) in [6.45, 7) is 6.69. The van der Waals surface area contributed by atoms with Crippen molar-refractivity contribution in [2.75, 3.05) is 37.1 Å². The summed E-state index contributed by atoms with van der Waals surface area (Å²) in [4.78, 5) is 21.6. The van der Waals surface area contributed by atoms with E-state index in [0.29, 0.717) is 18.1 Å². The summed E-state index contributed by atoms with van der Waals surface area (Å²) in [5, 5.41) is 5.90. The van der Waals surface area contributed by atoms with Gasteiger partial charge >= 0.3 is 5.91 Å². The summed E-state index contributed by atoms with van der Waals surface area (Å²) in [6.07, 6.45) is 0. The molecule has 3 rings (SSSR count). The molecule has 0 atom stereocenters. The van der Waals surface area contributed by atoms with Gasteiger partial charge in [0.05, 0.1) is 12.2 Å². The average molecular weight is 377 g/mol. The number of nitrogens with zero attached hydrogens (tertiary/aromatic N) is 5. The number of para-hydroxylation sites is 1. The topological polar surface area (TPSA) is 51.5 Å². The lowest BCUT2D eigenvalue weighted by atomic mass is 10.2. The van der Waals surface area contributed by atoms with Gasteiger partial charge in [-0.1, -0.05) is 30.3 Å². The summed E-state index contributed by atoms with van der Waals surface area (Å²) >= 11 is 0. The number of hydrogen-bond acceptors (Lipinski definition) is 5. The second-order valence-electron chi connectivity index (χ2n) is 6.77. The molecule has 0 saturated heterocycles. The van der Waals surface area contributed by atoms with E-state index in [0.717, 1.165) is 24.3 Å². The number of carbonyl (C=O) groups is 1. The summed E-state index contributed by atoms with van der Waals surface area (Å²) < 4.78 is 0. The van der Waals surface area contributed by atoms with Crippen molar-refractivity contribution >= 4 is 28.8 Å². The van der Waals surface area contributed by atoms with Crippen LogP contribution in [-0.2, 0) is 11.3 Å². The monoisotopic (exact) mass is 377 g/mol. The van der Waals surface area contributed by atoms with Gasteiger partial charge in [0.1, 0.15) is 0 Å². The Morgan fingerprint density at radius 1 is 0.964 bits per heavy atom. The number of amides is 1. The van der Waals surface area contributed by atoms with E-state index in [9.17, 15) is 4.79 Å². The smallest absolute Gasteiger partial charge is 0.300 e. The lowest BCUT2D eigenvalue weighted by Gasteiger charge is -2.21. The molecule has 1 amide bonds. The lowest BCUT2D eigenvalue weighted by Crippen LogP contribution is -2.33. The zero-order chi connectivity index (χ0) is 20.1. The lowest BCUT2D eigenvalue weighted by molar-refractivity contribution is -0.112. The third kappa shape index (κ3) is 4.06. The van der Waals surface area contributed by atoms with Gasteiger partial charge in [-0.05, 0) is 43.7 Å². The molecule has 0 radical (unpaired) electrons. The molecule has 1 aliphatic heterocycles. The molecule has 0 unspecified atom stereocenters. The minimum absolute atomic E-state index is 0.199. The van der Waals surface area contributed by atoms with Gasteiger partial charge < -0.3 is 9.80 Å². The van der Waals surface area contributed by atoms with Gasteiger partial charge in [0.15, 0.2) is 11.5 Å². The maximum atomic E-state index is 12.9. The third-order valence-corrected chi connectivity index (χ3v) is 4.71.